The molecule has 0 saturated heterocycles. The van der Waals surface area contributed by atoms with Crippen LogP contribution in [0.25, 0.3) is 0 Å². The van der Waals surface area contributed by atoms with Gasteiger partial charge in [0.1, 0.15) is 5.75 Å². The van der Waals surface area contributed by atoms with Gasteiger partial charge in [0.15, 0.2) is 6.61 Å². The normalized spacial score (nSPS) is 20.4. The first-order valence-corrected chi connectivity index (χ1v) is 7.92. The van der Waals surface area contributed by atoms with Gasteiger partial charge in [-0.15, -0.1) is 0 Å². The lowest BCUT2D eigenvalue weighted by atomic mass is 9.74. The van der Waals surface area contributed by atoms with Gasteiger partial charge in [0.2, 0.25) is 0 Å². The molecule has 2 aromatic carbocycles. The number of ether oxygens (including phenoxy) is 1. The predicted octanol–water partition coefficient (Wildman–Crippen LogP) is 3.79. The van der Waals surface area contributed by atoms with E-state index in [1.165, 1.54) is 16.7 Å². The van der Waals surface area contributed by atoms with E-state index < -0.39 is 0 Å². The maximum absolute atomic E-state index is 11.4. The van der Waals surface area contributed by atoms with E-state index in [-0.39, 0.29) is 17.3 Å². The largest absolute Gasteiger partial charge is 0.482 e. The molecule has 0 radical (unpaired) electrons. The standard InChI is InChI=1S/C17H14BrNO2/c18-17(13-7-10-3-1-2-4-12(10)13)11-5-6-15-14(8-11)19-16(20)9-21-15/h1-6,8,13,17H,7,9H2,(H,19,20). The van der Waals surface area contributed by atoms with Gasteiger partial charge in [-0.1, -0.05) is 46.3 Å². The number of nitrogens with one attached hydrogen (secondary N) is 1. The van der Waals surface area contributed by atoms with Crippen molar-refractivity contribution in [2.24, 2.45) is 0 Å². The van der Waals surface area contributed by atoms with Crippen LogP contribution in [0.1, 0.15) is 27.4 Å². The van der Waals surface area contributed by atoms with Gasteiger partial charge in [-0.25, -0.2) is 0 Å². The Hall–Kier alpha value is -1.81. The van der Waals surface area contributed by atoms with E-state index in [0.717, 1.165) is 17.9 Å². The van der Waals surface area contributed by atoms with Crippen molar-refractivity contribution in [3.05, 3.63) is 59.2 Å². The van der Waals surface area contributed by atoms with Gasteiger partial charge in [-0.05, 0) is 35.2 Å². The first-order valence-electron chi connectivity index (χ1n) is 7.01. The Bertz CT molecular complexity index is 728. The summed E-state index contributed by atoms with van der Waals surface area (Å²) in [5, 5.41) is 2.86. The summed E-state index contributed by atoms with van der Waals surface area (Å²) >= 11 is 3.82. The van der Waals surface area contributed by atoms with E-state index in [9.17, 15) is 4.79 Å². The fourth-order valence-corrected chi connectivity index (χ4v) is 3.82. The molecule has 4 heteroatoms. The smallest absolute Gasteiger partial charge is 0.262 e. The Kier molecular flexibility index (Phi) is 3.00. The van der Waals surface area contributed by atoms with Crippen molar-refractivity contribution in [2.75, 3.05) is 11.9 Å². The second kappa shape index (κ2) is 4.88. The molecule has 0 spiro atoms. The first kappa shape index (κ1) is 12.9. The van der Waals surface area contributed by atoms with Crippen LogP contribution >= 0.6 is 15.9 Å². The maximum Gasteiger partial charge on any atom is 0.262 e. The minimum Gasteiger partial charge on any atom is -0.482 e. The molecule has 2 aliphatic rings. The van der Waals surface area contributed by atoms with Crippen LogP contribution in [-0.2, 0) is 11.2 Å². The van der Waals surface area contributed by atoms with Crippen LogP contribution in [-0.4, -0.2) is 12.5 Å². The Morgan fingerprint density at radius 2 is 2.10 bits per heavy atom. The van der Waals surface area contributed by atoms with E-state index in [2.05, 4.69) is 51.6 Å². The molecule has 2 atom stereocenters. The zero-order valence-electron chi connectivity index (χ0n) is 11.3. The molecule has 21 heavy (non-hydrogen) atoms. The molecule has 1 amide bonds. The zero-order valence-corrected chi connectivity index (χ0v) is 12.9. The molecule has 1 heterocycles. The molecular formula is C17H14BrNO2. The Morgan fingerprint density at radius 1 is 1.24 bits per heavy atom. The summed E-state index contributed by atoms with van der Waals surface area (Å²) in [6.07, 6.45) is 1.09. The topological polar surface area (TPSA) is 38.3 Å². The summed E-state index contributed by atoms with van der Waals surface area (Å²) in [6, 6.07) is 14.6. The summed E-state index contributed by atoms with van der Waals surface area (Å²) in [6.45, 7) is 0.0973. The number of hydrogen-bond acceptors (Lipinski definition) is 2. The third kappa shape index (κ3) is 2.14. The van der Waals surface area contributed by atoms with E-state index in [1.54, 1.807) is 0 Å². The highest BCUT2D eigenvalue weighted by atomic mass is 79.9. The van der Waals surface area contributed by atoms with Crippen LogP contribution in [0, 0.1) is 0 Å². The second-order valence-electron chi connectivity index (χ2n) is 5.50. The number of benzene rings is 2. The molecule has 3 nitrogen and oxygen atoms in total. The quantitative estimate of drug-likeness (QED) is 0.842. The summed E-state index contributed by atoms with van der Waals surface area (Å²) < 4.78 is 5.40. The van der Waals surface area contributed by atoms with E-state index in [0.29, 0.717) is 5.92 Å². The van der Waals surface area contributed by atoms with E-state index in [4.69, 9.17) is 4.74 Å². The lowest BCUT2D eigenvalue weighted by Crippen LogP contribution is -2.26. The summed E-state index contributed by atoms with van der Waals surface area (Å²) in [4.78, 5) is 11.7. The molecule has 0 aromatic heterocycles. The number of anilines is 1. The van der Waals surface area contributed by atoms with Crippen LogP contribution < -0.4 is 10.1 Å². The highest BCUT2D eigenvalue weighted by molar-refractivity contribution is 9.09. The molecule has 4 rings (SSSR count). The van der Waals surface area contributed by atoms with Gasteiger partial charge < -0.3 is 10.1 Å². The lowest BCUT2D eigenvalue weighted by molar-refractivity contribution is -0.118. The van der Waals surface area contributed by atoms with Gasteiger partial charge in [-0.3, -0.25) is 4.79 Å². The zero-order chi connectivity index (χ0) is 14.4. The number of hydrogen-bond donors (Lipinski definition) is 1. The van der Waals surface area contributed by atoms with Crippen molar-refractivity contribution < 1.29 is 9.53 Å². The van der Waals surface area contributed by atoms with Crippen LogP contribution in [0.3, 0.4) is 0 Å². The third-order valence-corrected chi connectivity index (χ3v) is 5.37. The van der Waals surface area contributed by atoms with Crippen molar-refractivity contribution in [3.8, 4) is 5.75 Å². The Labute approximate surface area is 131 Å². The van der Waals surface area contributed by atoms with Crippen molar-refractivity contribution in [1.82, 2.24) is 0 Å². The predicted molar refractivity (Wildman–Crippen MR) is 85.1 cm³/mol. The Balaban J connectivity index is 1.63. The molecule has 1 aliphatic carbocycles. The van der Waals surface area contributed by atoms with Crippen LogP contribution in [0.2, 0.25) is 0 Å². The molecule has 106 valence electrons. The average molecular weight is 344 g/mol. The second-order valence-corrected chi connectivity index (χ2v) is 6.49. The minimum absolute atomic E-state index is 0.0973. The molecule has 0 bridgehead atoms. The number of rotatable bonds is 2. The summed E-state index contributed by atoms with van der Waals surface area (Å²) in [5.74, 6) is 1.13. The number of alkyl halides is 1. The van der Waals surface area contributed by atoms with Crippen LogP contribution in [0.4, 0.5) is 5.69 Å². The number of halogens is 1. The van der Waals surface area contributed by atoms with Crippen molar-refractivity contribution in [2.45, 2.75) is 17.2 Å². The average Bonchev–Trinajstić information content (AvgIpc) is 2.47. The molecule has 2 unspecified atom stereocenters. The van der Waals surface area contributed by atoms with Gasteiger partial charge in [0.05, 0.1) is 5.69 Å². The molecule has 0 fully saturated rings. The van der Waals surface area contributed by atoms with Crippen molar-refractivity contribution >= 4 is 27.5 Å². The number of fused-ring (bicyclic) bond motifs is 2. The molecule has 1 N–H and O–H groups in total. The van der Waals surface area contributed by atoms with E-state index >= 15 is 0 Å². The molecule has 0 saturated carbocycles. The van der Waals surface area contributed by atoms with Gasteiger partial charge in [0, 0.05) is 10.7 Å². The molecule has 1 aliphatic heterocycles. The van der Waals surface area contributed by atoms with Gasteiger partial charge in [0.25, 0.3) is 5.91 Å². The SMILES string of the molecule is O=C1COc2ccc(C(Br)C3Cc4ccccc43)cc2N1. The monoisotopic (exact) mass is 343 g/mol. The van der Waals surface area contributed by atoms with Gasteiger partial charge >= 0.3 is 0 Å². The lowest BCUT2D eigenvalue weighted by Gasteiger charge is -2.34. The fraction of sp³-hybridized carbons (Fsp3) is 0.235. The first-order chi connectivity index (χ1) is 10.2. The summed E-state index contributed by atoms with van der Waals surface area (Å²) in [5.41, 5.74) is 4.78. The third-order valence-electron chi connectivity index (χ3n) is 4.20. The minimum atomic E-state index is -0.0974. The maximum atomic E-state index is 11.4. The van der Waals surface area contributed by atoms with E-state index in [1.807, 2.05) is 12.1 Å². The van der Waals surface area contributed by atoms with Crippen LogP contribution in [0.5, 0.6) is 5.75 Å². The summed E-state index contributed by atoms with van der Waals surface area (Å²) in [7, 11) is 0. The number of carbonyl (C=O) groups excluding carboxylic acids is 1. The highest BCUT2D eigenvalue weighted by Crippen LogP contribution is 2.48. The van der Waals surface area contributed by atoms with Crippen molar-refractivity contribution in [3.63, 3.8) is 0 Å². The Morgan fingerprint density at radius 3 is 2.95 bits per heavy atom. The number of carbonyl (C=O) groups is 1. The van der Waals surface area contributed by atoms with Crippen molar-refractivity contribution in [1.29, 1.82) is 0 Å². The fourth-order valence-electron chi connectivity index (χ4n) is 3.06. The van der Waals surface area contributed by atoms with Gasteiger partial charge in [-0.2, -0.15) is 0 Å². The highest BCUT2D eigenvalue weighted by Gasteiger charge is 2.32. The van der Waals surface area contributed by atoms with Crippen LogP contribution in [0.15, 0.2) is 42.5 Å². The molecular weight excluding hydrogens is 330 g/mol. The number of amides is 1. The molecule has 2 aromatic rings.